The van der Waals surface area contributed by atoms with Crippen molar-refractivity contribution in [3.05, 3.63) is 10.6 Å². The van der Waals surface area contributed by atoms with Gasteiger partial charge in [-0.25, -0.2) is 4.98 Å². The molecule has 4 heteroatoms. The van der Waals surface area contributed by atoms with Crippen LogP contribution in [0.5, 0.6) is 0 Å². The van der Waals surface area contributed by atoms with Crippen molar-refractivity contribution < 1.29 is 4.79 Å². The largest absolute Gasteiger partial charge is 0.348 e. The molecule has 1 aliphatic rings. The van der Waals surface area contributed by atoms with Crippen LogP contribution in [0.25, 0.3) is 0 Å². The number of piperidine rings is 1. The maximum absolute atomic E-state index is 11.1. The second-order valence-electron chi connectivity index (χ2n) is 5.39. The first kappa shape index (κ1) is 14.5. The Bertz CT molecular complexity index is 408. The van der Waals surface area contributed by atoms with Crippen molar-refractivity contribution in [3.63, 3.8) is 0 Å². The van der Waals surface area contributed by atoms with Crippen molar-refractivity contribution in [2.75, 3.05) is 18.0 Å². The van der Waals surface area contributed by atoms with Crippen molar-refractivity contribution in [3.8, 4) is 0 Å². The number of nitrogens with zero attached hydrogens (tertiary/aromatic N) is 2. The Hall–Kier alpha value is -0.900. The summed E-state index contributed by atoms with van der Waals surface area (Å²) in [6.07, 6.45) is 8.11. The Morgan fingerprint density at radius 2 is 2.05 bits per heavy atom. The molecular formula is C15H24N2OS. The van der Waals surface area contributed by atoms with Gasteiger partial charge in [-0.2, -0.15) is 0 Å². The molecule has 0 saturated carbocycles. The monoisotopic (exact) mass is 280 g/mol. The van der Waals surface area contributed by atoms with Crippen LogP contribution in [0.4, 0.5) is 5.13 Å². The van der Waals surface area contributed by atoms with E-state index in [1.54, 1.807) is 11.3 Å². The van der Waals surface area contributed by atoms with Gasteiger partial charge in [-0.3, -0.25) is 4.79 Å². The van der Waals surface area contributed by atoms with E-state index in [0.717, 1.165) is 53.8 Å². The quantitative estimate of drug-likeness (QED) is 0.740. The third-order valence-electron chi connectivity index (χ3n) is 3.89. The molecular weight excluding hydrogens is 256 g/mol. The summed E-state index contributed by atoms with van der Waals surface area (Å²) >= 11 is 1.57. The van der Waals surface area contributed by atoms with Gasteiger partial charge < -0.3 is 4.90 Å². The van der Waals surface area contributed by atoms with E-state index in [1.807, 2.05) is 0 Å². The standard InChI is InChI=1S/C15H24N2OS/c1-3-5-12-7-9-17(10-8-12)15-16-13(6-4-2)14(11-18)19-15/h11-12H,3-10H2,1-2H3. The van der Waals surface area contributed by atoms with E-state index in [2.05, 4.69) is 23.7 Å². The van der Waals surface area contributed by atoms with Crippen LogP contribution >= 0.6 is 11.3 Å². The molecule has 1 fully saturated rings. The van der Waals surface area contributed by atoms with Crippen molar-refractivity contribution in [2.45, 2.75) is 52.4 Å². The van der Waals surface area contributed by atoms with E-state index >= 15 is 0 Å². The highest BCUT2D eigenvalue weighted by atomic mass is 32.1. The molecule has 0 radical (unpaired) electrons. The smallest absolute Gasteiger partial charge is 0.186 e. The molecule has 0 spiro atoms. The predicted octanol–water partition coefficient (Wildman–Crippen LogP) is 3.92. The minimum Gasteiger partial charge on any atom is -0.348 e. The van der Waals surface area contributed by atoms with E-state index in [0.29, 0.717) is 0 Å². The first-order valence-electron chi connectivity index (χ1n) is 7.48. The second kappa shape index (κ2) is 7.04. The van der Waals surface area contributed by atoms with Gasteiger partial charge in [0.05, 0.1) is 10.6 Å². The molecule has 1 aromatic heterocycles. The van der Waals surface area contributed by atoms with Gasteiger partial charge in [0.1, 0.15) is 0 Å². The molecule has 0 aromatic carbocycles. The van der Waals surface area contributed by atoms with Crippen molar-refractivity contribution >= 4 is 22.8 Å². The number of hydrogen-bond acceptors (Lipinski definition) is 4. The van der Waals surface area contributed by atoms with Crippen molar-refractivity contribution in [2.24, 2.45) is 5.92 Å². The number of carbonyl (C=O) groups excluding carboxylic acids is 1. The fourth-order valence-electron chi connectivity index (χ4n) is 2.82. The summed E-state index contributed by atoms with van der Waals surface area (Å²) in [5, 5.41) is 1.06. The number of hydrogen-bond donors (Lipinski definition) is 0. The van der Waals surface area contributed by atoms with E-state index in [1.165, 1.54) is 25.7 Å². The number of carbonyl (C=O) groups is 1. The summed E-state index contributed by atoms with van der Waals surface area (Å²) in [5.41, 5.74) is 0.994. The number of aromatic nitrogens is 1. The summed E-state index contributed by atoms with van der Waals surface area (Å²) in [6, 6.07) is 0. The maximum atomic E-state index is 11.1. The van der Waals surface area contributed by atoms with Crippen LogP contribution in [-0.2, 0) is 6.42 Å². The molecule has 1 aromatic rings. The average Bonchev–Trinajstić information content (AvgIpc) is 2.84. The van der Waals surface area contributed by atoms with Crippen molar-refractivity contribution in [1.82, 2.24) is 4.98 Å². The van der Waals surface area contributed by atoms with Crippen molar-refractivity contribution in [1.29, 1.82) is 0 Å². The lowest BCUT2D eigenvalue weighted by atomic mass is 9.93. The van der Waals surface area contributed by atoms with Gasteiger partial charge >= 0.3 is 0 Å². The molecule has 1 saturated heterocycles. The summed E-state index contributed by atoms with van der Waals surface area (Å²) in [5.74, 6) is 0.891. The topological polar surface area (TPSA) is 33.2 Å². The molecule has 3 nitrogen and oxygen atoms in total. The van der Waals surface area contributed by atoms with E-state index in [9.17, 15) is 4.79 Å². The lowest BCUT2D eigenvalue weighted by molar-refractivity contribution is 0.112. The zero-order chi connectivity index (χ0) is 13.7. The molecule has 0 atom stereocenters. The molecule has 2 heterocycles. The first-order chi connectivity index (χ1) is 9.28. The first-order valence-corrected chi connectivity index (χ1v) is 8.29. The van der Waals surface area contributed by atoms with Crippen LogP contribution in [0.3, 0.4) is 0 Å². The number of aldehydes is 1. The SMILES string of the molecule is CCCc1nc(N2CCC(CCC)CC2)sc1C=O. The molecule has 19 heavy (non-hydrogen) atoms. The predicted molar refractivity (Wildman–Crippen MR) is 81.3 cm³/mol. The molecule has 0 unspecified atom stereocenters. The van der Waals surface area contributed by atoms with Crippen LogP contribution in [0.15, 0.2) is 0 Å². The number of thiazole rings is 1. The number of anilines is 1. The fourth-order valence-corrected chi connectivity index (χ4v) is 3.79. The maximum Gasteiger partial charge on any atom is 0.186 e. The zero-order valence-electron chi connectivity index (χ0n) is 12.0. The molecule has 1 aliphatic heterocycles. The van der Waals surface area contributed by atoms with Gasteiger partial charge in [0, 0.05) is 13.1 Å². The van der Waals surface area contributed by atoms with Gasteiger partial charge in [0.2, 0.25) is 0 Å². The second-order valence-corrected chi connectivity index (χ2v) is 6.40. The summed E-state index contributed by atoms with van der Waals surface area (Å²) < 4.78 is 0. The Balaban J connectivity index is 2.01. The summed E-state index contributed by atoms with van der Waals surface area (Å²) in [6.45, 7) is 6.59. The highest BCUT2D eigenvalue weighted by Gasteiger charge is 2.22. The average molecular weight is 280 g/mol. The third kappa shape index (κ3) is 3.56. The van der Waals surface area contributed by atoms with Crippen LogP contribution in [-0.4, -0.2) is 24.4 Å². The molecule has 0 bridgehead atoms. The van der Waals surface area contributed by atoms with Gasteiger partial charge in [-0.05, 0) is 25.2 Å². The molecule has 0 amide bonds. The van der Waals surface area contributed by atoms with Gasteiger partial charge in [-0.15, -0.1) is 0 Å². The summed E-state index contributed by atoms with van der Waals surface area (Å²) in [7, 11) is 0. The number of rotatable bonds is 6. The summed E-state index contributed by atoms with van der Waals surface area (Å²) in [4.78, 5) is 19.0. The van der Waals surface area contributed by atoms with E-state index < -0.39 is 0 Å². The van der Waals surface area contributed by atoms with Gasteiger partial charge in [0.15, 0.2) is 11.4 Å². The Morgan fingerprint density at radius 3 is 2.63 bits per heavy atom. The Kier molecular flexibility index (Phi) is 5.37. The van der Waals surface area contributed by atoms with Gasteiger partial charge in [0.25, 0.3) is 0 Å². The van der Waals surface area contributed by atoms with Crippen LogP contribution in [0.2, 0.25) is 0 Å². The lowest BCUT2D eigenvalue weighted by Crippen LogP contribution is -2.33. The van der Waals surface area contributed by atoms with E-state index in [4.69, 9.17) is 0 Å². The highest BCUT2D eigenvalue weighted by molar-refractivity contribution is 7.17. The molecule has 0 N–H and O–H groups in total. The number of aryl methyl sites for hydroxylation is 1. The normalized spacial score (nSPS) is 16.8. The highest BCUT2D eigenvalue weighted by Crippen LogP contribution is 2.30. The Morgan fingerprint density at radius 1 is 1.32 bits per heavy atom. The molecule has 2 rings (SSSR count). The fraction of sp³-hybridized carbons (Fsp3) is 0.733. The molecule has 106 valence electrons. The zero-order valence-corrected chi connectivity index (χ0v) is 12.8. The van der Waals surface area contributed by atoms with E-state index in [-0.39, 0.29) is 0 Å². The van der Waals surface area contributed by atoms with Crippen LogP contribution in [0.1, 0.15) is 61.3 Å². The minimum absolute atomic E-state index is 0.826. The van der Waals surface area contributed by atoms with Crippen LogP contribution in [0, 0.1) is 5.92 Å². The third-order valence-corrected chi connectivity index (χ3v) is 4.98. The minimum atomic E-state index is 0.826. The molecule has 0 aliphatic carbocycles. The Labute approximate surface area is 120 Å². The lowest BCUT2D eigenvalue weighted by Gasteiger charge is -2.31. The van der Waals surface area contributed by atoms with Gasteiger partial charge in [-0.1, -0.05) is 44.4 Å². The van der Waals surface area contributed by atoms with Crippen LogP contribution < -0.4 is 4.90 Å².